The summed E-state index contributed by atoms with van der Waals surface area (Å²) in [4.78, 5) is 0. The quantitative estimate of drug-likeness (QED) is 0.665. The van der Waals surface area contributed by atoms with Crippen LogP contribution in [0.3, 0.4) is 0 Å². The smallest absolute Gasteiger partial charge is 0.201 e. The van der Waals surface area contributed by atoms with Crippen LogP contribution in [0.1, 0.15) is 63.5 Å². The van der Waals surface area contributed by atoms with Gasteiger partial charge in [-0.25, -0.2) is 4.57 Å². The minimum Gasteiger partial charge on any atom is -0.201 e. The first-order chi connectivity index (χ1) is 11.1. The van der Waals surface area contributed by atoms with E-state index in [0.29, 0.717) is 0 Å². The molecule has 1 aromatic heterocycles. The molecular weight excluding hydrogens is 266 g/mol. The van der Waals surface area contributed by atoms with E-state index in [2.05, 4.69) is 69.8 Å². The van der Waals surface area contributed by atoms with E-state index in [9.17, 15) is 1.37 Å². The predicted molar refractivity (Wildman–Crippen MR) is 91.0 cm³/mol. The largest absolute Gasteiger partial charge is 0.216 e. The molecule has 1 heterocycles. The maximum atomic E-state index is 9.35. The summed E-state index contributed by atoms with van der Waals surface area (Å²) in [6, 6.07) is 8.62. The number of hydrogen-bond acceptors (Lipinski definition) is 0. The Kier molecular flexibility index (Phi) is 2.40. The monoisotopic (exact) mass is 294 g/mol. The number of aryl methyl sites for hydroxylation is 3. The molecule has 0 amide bonds. The second-order valence-electron chi connectivity index (χ2n) is 7.46. The average molecular weight is 294 g/mol. The van der Waals surface area contributed by atoms with Crippen LogP contribution in [0.15, 0.2) is 30.5 Å². The average Bonchev–Trinajstić information content (AvgIpc) is 2.76. The summed E-state index contributed by atoms with van der Waals surface area (Å²) >= 11 is 0. The topological polar surface area (TPSA) is 3.88 Å². The third-order valence-electron chi connectivity index (χ3n) is 5.72. The van der Waals surface area contributed by atoms with E-state index in [0.717, 1.165) is 29.7 Å². The fourth-order valence-electron chi connectivity index (χ4n) is 4.58. The van der Waals surface area contributed by atoms with Gasteiger partial charge in [0.15, 0.2) is 6.20 Å². The van der Waals surface area contributed by atoms with Crippen molar-refractivity contribution in [3.63, 3.8) is 0 Å². The Labute approximate surface area is 136 Å². The Morgan fingerprint density at radius 1 is 1.14 bits per heavy atom. The number of pyridine rings is 1. The van der Waals surface area contributed by atoms with Crippen molar-refractivity contribution < 1.29 is 7.31 Å². The van der Waals surface area contributed by atoms with Crippen molar-refractivity contribution >= 4 is 0 Å². The lowest BCUT2D eigenvalue weighted by atomic mass is 9.79. The highest BCUT2D eigenvalue weighted by atomic mass is 14.9. The Hall–Kier alpha value is -1.63. The van der Waals surface area contributed by atoms with Crippen molar-refractivity contribution in [2.75, 3.05) is 0 Å². The lowest BCUT2D eigenvalue weighted by Crippen LogP contribution is -2.33. The number of benzene rings is 1. The van der Waals surface area contributed by atoms with Crippen LogP contribution in [0.2, 0.25) is 0 Å². The first-order valence-corrected chi connectivity index (χ1v) is 8.25. The minimum absolute atomic E-state index is 0.371. The van der Waals surface area contributed by atoms with Gasteiger partial charge >= 0.3 is 0 Å². The van der Waals surface area contributed by atoms with Gasteiger partial charge in [0.25, 0.3) is 0 Å². The molecule has 2 aromatic rings. The molecule has 2 bridgehead atoms. The van der Waals surface area contributed by atoms with Gasteiger partial charge in [0.05, 0.1) is 0 Å². The normalized spacial score (nSPS) is 32.6. The zero-order chi connectivity index (χ0) is 17.5. The summed E-state index contributed by atoms with van der Waals surface area (Å²) in [6.45, 7) is 8.49. The summed E-state index contributed by atoms with van der Waals surface area (Å²) in [7, 11) is 2.06. The minimum atomic E-state index is -0.685. The van der Waals surface area contributed by atoms with Crippen LogP contribution in [0, 0.1) is 19.3 Å². The molecule has 0 N–H and O–H groups in total. The Morgan fingerprint density at radius 2 is 1.86 bits per heavy atom. The molecule has 4 rings (SSSR count). The molecule has 1 fully saturated rings. The molecule has 0 aliphatic heterocycles. The van der Waals surface area contributed by atoms with Crippen LogP contribution in [0.4, 0.5) is 0 Å². The fourth-order valence-corrected chi connectivity index (χ4v) is 4.58. The van der Waals surface area contributed by atoms with E-state index < -0.39 is 11.8 Å². The molecule has 1 saturated carbocycles. The van der Waals surface area contributed by atoms with Crippen LogP contribution < -0.4 is 4.57 Å². The van der Waals surface area contributed by atoms with E-state index >= 15 is 0 Å². The third kappa shape index (κ3) is 1.68. The molecular formula is C21H26N+. The van der Waals surface area contributed by atoms with Crippen molar-refractivity contribution in [1.82, 2.24) is 0 Å². The molecule has 0 radical (unpaired) electrons. The van der Waals surface area contributed by atoms with Crippen LogP contribution in [-0.4, -0.2) is 0 Å². The predicted octanol–water partition coefficient (Wildman–Crippen LogP) is 4.80. The van der Waals surface area contributed by atoms with Crippen LogP contribution in [0.25, 0.3) is 11.3 Å². The maximum Gasteiger partial charge on any atom is 0.216 e. The number of aromatic nitrogens is 1. The van der Waals surface area contributed by atoms with Crippen molar-refractivity contribution in [2.24, 2.45) is 12.5 Å². The molecule has 1 nitrogen and oxygen atoms in total. The molecule has 2 unspecified atom stereocenters. The van der Waals surface area contributed by atoms with Gasteiger partial charge in [-0.1, -0.05) is 31.5 Å². The number of fused-ring (bicyclic) bond motifs is 5. The fraction of sp³-hybridized carbons (Fsp3) is 0.476. The summed E-state index contributed by atoms with van der Waals surface area (Å²) in [5, 5.41) is 0. The molecule has 2 aliphatic carbocycles. The number of nitrogens with zero attached hydrogens (tertiary/aromatic N) is 1. The Morgan fingerprint density at radius 3 is 2.59 bits per heavy atom. The van der Waals surface area contributed by atoms with Gasteiger partial charge in [0.2, 0.25) is 5.69 Å². The zero-order valence-corrected chi connectivity index (χ0v) is 14.2. The summed E-state index contributed by atoms with van der Waals surface area (Å²) in [5.41, 5.74) is 6.60. The van der Waals surface area contributed by atoms with Gasteiger partial charge in [-0.05, 0) is 61.1 Å². The number of rotatable bonds is 1. The standard InChI is InChI=1S/C21H26N/c1-13-6-7-15(14(2)12-13)20-19-16(10-11-22(20)5)17-8-9-18(19)21(17,3)4/h6-7,10-12,17-18H,8-9H2,1-5H3/q+1/i17D,18D. The molecule has 1 heteroatoms. The molecule has 0 saturated heterocycles. The molecule has 2 aliphatic rings. The van der Waals surface area contributed by atoms with Gasteiger partial charge in [-0.2, -0.15) is 0 Å². The van der Waals surface area contributed by atoms with E-state index in [-0.39, 0.29) is 5.41 Å². The van der Waals surface area contributed by atoms with E-state index in [1.165, 1.54) is 16.7 Å². The number of hydrogen-bond donors (Lipinski definition) is 0. The van der Waals surface area contributed by atoms with E-state index in [4.69, 9.17) is 1.37 Å². The highest BCUT2D eigenvalue weighted by Gasteiger charge is 2.54. The SMILES string of the molecule is [2H]C12CCC([2H])(c3c1cc[n+](C)c3-c1ccc(C)cc1C)C2(C)C. The van der Waals surface area contributed by atoms with Crippen molar-refractivity contribution in [3.8, 4) is 11.3 Å². The van der Waals surface area contributed by atoms with Crippen LogP contribution >= 0.6 is 0 Å². The van der Waals surface area contributed by atoms with Gasteiger partial charge < -0.3 is 0 Å². The lowest BCUT2D eigenvalue weighted by molar-refractivity contribution is -0.660. The summed E-state index contributed by atoms with van der Waals surface area (Å²) < 4.78 is 20.7. The van der Waals surface area contributed by atoms with Crippen molar-refractivity contribution in [1.29, 1.82) is 0 Å². The maximum absolute atomic E-state index is 9.35. The van der Waals surface area contributed by atoms with Gasteiger partial charge in [-0.3, -0.25) is 0 Å². The molecule has 0 spiro atoms. The second kappa shape index (κ2) is 4.44. The van der Waals surface area contributed by atoms with Gasteiger partial charge in [0, 0.05) is 19.9 Å². The molecule has 22 heavy (non-hydrogen) atoms. The first-order valence-electron chi connectivity index (χ1n) is 9.25. The van der Waals surface area contributed by atoms with E-state index in [1.54, 1.807) is 0 Å². The van der Waals surface area contributed by atoms with Crippen molar-refractivity contribution in [2.45, 2.75) is 52.3 Å². The second-order valence-corrected chi connectivity index (χ2v) is 7.46. The molecule has 114 valence electrons. The molecule has 2 atom stereocenters. The summed E-state index contributed by atoms with van der Waals surface area (Å²) in [5.74, 6) is -1.33. The van der Waals surface area contributed by atoms with Gasteiger partial charge in [0.1, 0.15) is 7.05 Å². The zero-order valence-electron chi connectivity index (χ0n) is 16.2. The van der Waals surface area contributed by atoms with E-state index in [1.807, 2.05) is 0 Å². The Bertz CT molecular complexity index is 870. The van der Waals surface area contributed by atoms with Crippen LogP contribution in [0.5, 0.6) is 0 Å². The highest BCUT2D eigenvalue weighted by molar-refractivity contribution is 5.69. The lowest BCUT2D eigenvalue weighted by Gasteiger charge is -2.24. The molecule has 1 aromatic carbocycles. The first kappa shape index (κ1) is 11.9. The Balaban J connectivity index is 2.10. The highest BCUT2D eigenvalue weighted by Crippen LogP contribution is 2.65. The van der Waals surface area contributed by atoms with Crippen LogP contribution in [-0.2, 0) is 7.05 Å². The van der Waals surface area contributed by atoms with Crippen molar-refractivity contribution in [3.05, 3.63) is 52.7 Å². The summed E-state index contributed by atoms with van der Waals surface area (Å²) in [6.07, 6.45) is 3.64. The third-order valence-corrected chi connectivity index (χ3v) is 5.72. The van der Waals surface area contributed by atoms with Gasteiger partial charge in [-0.15, -0.1) is 0 Å².